The molecular weight excluding hydrogens is 230 g/mol. The van der Waals surface area contributed by atoms with Crippen molar-refractivity contribution in [3.63, 3.8) is 0 Å². The molecule has 0 aromatic carbocycles. The van der Waals surface area contributed by atoms with Crippen molar-refractivity contribution in [1.29, 1.82) is 0 Å². The summed E-state index contributed by atoms with van der Waals surface area (Å²) >= 11 is 1.79. The Balaban J connectivity index is 1.99. The first kappa shape index (κ1) is 12.8. The van der Waals surface area contributed by atoms with Gasteiger partial charge >= 0.3 is 0 Å². The summed E-state index contributed by atoms with van der Waals surface area (Å²) < 4.78 is 0. The van der Waals surface area contributed by atoms with Crippen LogP contribution in [0.2, 0.25) is 0 Å². The molecule has 1 aliphatic heterocycles. The van der Waals surface area contributed by atoms with Crippen molar-refractivity contribution >= 4 is 16.5 Å². The summed E-state index contributed by atoms with van der Waals surface area (Å²) in [6.07, 6.45) is 4.86. The van der Waals surface area contributed by atoms with E-state index < -0.39 is 0 Å². The molecule has 0 bridgehead atoms. The smallest absolute Gasteiger partial charge is 0.185 e. The van der Waals surface area contributed by atoms with Gasteiger partial charge in [0.2, 0.25) is 0 Å². The fraction of sp³-hybridized carbons (Fsp3) is 0.769. The molecule has 1 unspecified atom stereocenters. The molecule has 1 saturated heterocycles. The predicted molar refractivity (Wildman–Crippen MR) is 75.0 cm³/mol. The topological polar surface area (TPSA) is 28.2 Å². The lowest BCUT2D eigenvalue weighted by molar-refractivity contribution is 0.577. The first-order valence-corrected chi connectivity index (χ1v) is 7.64. The van der Waals surface area contributed by atoms with E-state index in [9.17, 15) is 0 Å². The standard InChI is InChI=1S/C13H23N3S/c1-3-8-16(9-12-6-5-7-14-12)13-15-11(4-2)10-17-13/h10,12,14H,3-9H2,1-2H3. The largest absolute Gasteiger partial charge is 0.347 e. The third-order valence-corrected chi connectivity index (χ3v) is 4.22. The molecule has 0 saturated carbocycles. The minimum absolute atomic E-state index is 0.663. The zero-order valence-electron chi connectivity index (χ0n) is 10.9. The Hall–Kier alpha value is -0.610. The Morgan fingerprint density at radius 3 is 3.00 bits per heavy atom. The molecule has 96 valence electrons. The number of nitrogens with one attached hydrogen (secondary N) is 1. The van der Waals surface area contributed by atoms with E-state index in [4.69, 9.17) is 4.98 Å². The normalized spacial score (nSPS) is 19.8. The number of rotatable bonds is 6. The van der Waals surface area contributed by atoms with E-state index in [1.807, 2.05) is 0 Å². The molecule has 2 heterocycles. The first-order chi connectivity index (χ1) is 8.33. The number of thiazole rings is 1. The Bertz CT molecular complexity index is 331. The molecule has 0 radical (unpaired) electrons. The average molecular weight is 253 g/mol. The van der Waals surface area contributed by atoms with Crippen LogP contribution in [0.4, 0.5) is 5.13 Å². The van der Waals surface area contributed by atoms with Crippen LogP contribution in [0.15, 0.2) is 5.38 Å². The quantitative estimate of drug-likeness (QED) is 0.845. The molecule has 1 aliphatic rings. The lowest BCUT2D eigenvalue weighted by Gasteiger charge is -2.24. The van der Waals surface area contributed by atoms with Crippen molar-refractivity contribution in [1.82, 2.24) is 10.3 Å². The summed E-state index contributed by atoms with van der Waals surface area (Å²) in [5, 5.41) is 6.97. The highest BCUT2D eigenvalue weighted by Crippen LogP contribution is 2.22. The van der Waals surface area contributed by atoms with E-state index >= 15 is 0 Å². The molecular formula is C13H23N3S. The minimum Gasteiger partial charge on any atom is -0.347 e. The van der Waals surface area contributed by atoms with E-state index in [-0.39, 0.29) is 0 Å². The van der Waals surface area contributed by atoms with Gasteiger partial charge in [-0.2, -0.15) is 0 Å². The monoisotopic (exact) mass is 253 g/mol. The van der Waals surface area contributed by atoms with Crippen molar-refractivity contribution in [2.45, 2.75) is 45.6 Å². The van der Waals surface area contributed by atoms with Gasteiger partial charge in [0, 0.05) is 24.5 Å². The van der Waals surface area contributed by atoms with Gasteiger partial charge in [-0.1, -0.05) is 13.8 Å². The number of hydrogen-bond donors (Lipinski definition) is 1. The highest BCUT2D eigenvalue weighted by atomic mass is 32.1. The Morgan fingerprint density at radius 1 is 1.53 bits per heavy atom. The third-order valence-electron chi connectivity index (χ3n) is 3.27. The summed E-state index contributed by atoms with van der Waals surface area (Å²) in [4.78, 5) is 7.16. The minimum atomic E-state index is 0.663. The number of aryl methyl sites for hydroxylation is 1. The van der Waals surface area contributed by atoms with Gasteiger partial charge in [-0.3, -0.25) is 0 Å². The summed E-state index contributed by atoms with van der Waals surface area (Å²) in [6.45, 7) is 7.83. The molecule has 4 heteroatoms. The maximum atomic E-state index is 4.71. The van der Waals surface area contributed by atoms with Crippen LogP contribution in [-0.4, -0.2) is 30.7 Å². The fourth-order valence-electron chi connectivity index (χ4n) is 2.32. The summed E-state index contributed by atoms with van der Waals surface area (Å²) in [5.74, 6) is 0. The molecule has 1 N–H and O–H groups in total. The van der Waals surface area contributed by atoms with E-state index in [0.29, 0.717) is 6.04 Å². The molecule has 17 heavy (non-hydrogen) atoms. The second-order valence-corrected chi connectivity index (χ2v) is 5.55. The van der Waals surface area contributed by atoms with Gasteiger partial charge in [-0.25, -0.2) is 4.98 Å². The summed E-state index contributed by atoms with van der Waals surface area (Å²) in [5.41, 5.74) is 1.23. The van der Waals surface area contributed by atoms with Crippen LogP contribution in [0.25, 0.3) is 0 Å². The molecule has 1 aromatic rings. The highest BCUT2D eigenvalue weighted by Gasteiger charge is 2.19. The van der Waals surface area contributed by atoms with Gasteiger partial charge in [-0.05, 0) is 32.2 Å². The second-order valence-electron chi connectivity index (χ2n) is 4.71. The van der Waals surface area contributed by atoms with Crippen LogP contribution in [-0.2, 0) is 6.42 Å². The van der Waals surface area contributed by atoms with E-state index in [2.05, 4.69) is 29.4 Å². The molecule has 3 nitrogen and oxygen atoms in total. The van der Waals surface area contributed by atoms with Crippen LogP contribution in [0.5, 0.6) is 0 Å². The molecule has 0 aliphatic carbocycles. The van der Waals surface area contributed by atoms with Gasteiger partial charge in [0.15, 0.2) is 5.13 Å². The predicted octanol–water partition coefficient (Wildman–Crippen LogP) is 2.67. The maximum absolute atomic E-state index is 4.71. The van der Waals surface area contributed by atoms with Crippen molar-refractivity contribution in [2.75, 3.05) is 24.5 Å². The lowest BCUT2D eigenvalue weighted by atomic mass is 10.2. The van der Waals surface area contributed by atoms with Crippen LogP contribution < -0.4 is 10.2 Å². The lowest BCUT2D eigenvalue weighted by Crippen LogP contribution is -2.38. The second kappa shape index (κ2) is 6.36. The maximum Gasteiger partial charge on any atom is 0.185 e. The van der Waals surface area contributed by atoms with Crippen molar-refractivity contribution in [3.8, 4) is 0 Å². The fourth-order valence-corrected chi connectivity index (χ4v) is 3.26. The van der Waals surface area contributed by atoms with Gasteiger partial charge in [0.1, 0.15) is 0 Å². The van der Waals surface area contributed by atoms with Crippen LogP contribution in [0.1, 0.15) is 38.8 Å². The van der Waals surface area contributed by atoms with Crippen LogP contribution in [0, 0.1) is 0 Å². The Kier molecular flexibility index (Phi) is 4.80. The SMILES string of the molecule is CCCN(CC1CCCN1)c1nc(CC)cs1. The zero-order valence-corrected chi connectivity index (χ0v) is 11.7. The number of hydrogen-bond acceptors (Lipinski definition) is 4. The number of nitrogens with zero attached hydrogens (tertiary/aromatic N) is 2. The summed E-state index contributed by atoms with van der Waals surface area (Å²) in [7, 11) is 0. The first-order valence-electron chi connectivity index (χ1n) is 6.76. The highest BCUT2D eigenvalue weighted by molar-refractivity contribution is 7.13. The molecule has 2 rings (SSSR count). The Morgan fingerprint density at radius 2 is 2.41 bits per heavy atom. The number of anilines is 1. The van der Waals surface area contributed by atoms with Crippen molar-refractivity contribution in [2.24, 2.45) is 0 Å². The van der Waals surface area contributed by atoms with Gasteiger partial charge in [0.05, 0.1) is 5.69 Å². The molecule has 1 aromatic heterocycles. The summed E-state index contributed by atoms with van der Waals surface area (Å²) in [6, 6.07) is 0.663. The van der Waals surface area contributed by atoms with Crippen molar-refractivity contribution < 1.29 is 0 Å². The Labute approximate surface area is 108 Å². The molecule has 0 spiro atoms. The zero-order chi connectivity index (χ0) is 12.1. The van der Waals surface area contributed by atoms with Gasteiger partial charge in [0.25, 0.3) is 0 Å². The van der Waals surface area contributed by atoms with Crippen LogP contribution >= 0.6 is 11.3 Å². The van der Waals surface area contributed by atoms with E-state index in [0.717, 1.165) is 19.5 Å². The molecule has 0 amide bonds. The van der Waals surface area contributed by atoms with E-state index in [1.165, 1.54) is 36.6 Å². The number of aromatic nitrogens is 1. The van der Waals surface area contributed by atoms with Crippen molar-refractivity contribution in [3.05, 3.63) is 11.1 Å². The third kappa shape index (κ3) is 3.42. The van der Waals surface area contributed by atoms with Crippen LogP contribution in [0.3, 0.4) is 0 Å². The molecule has 1 fully saturated rings. The van der Waals surface area contributed by atoms with E-state index in [1.54, 1.807) is 11.3 Å². The van der Waals surface area contributed by atoms with Gasteiger partial charge < -0.3 is 10.2 Å². The van der Waals surface area contributed by atoms with Gasteiger partial charge in [-0.15, -0.1) is 11.3 Å². The molecule has 1 atom stereocenters. The average Bonchev–Trinajstić information content (AvgIpc) is 2.99.